The molecule has 1 heterocycles. The van der Waals surface area contributed by atoms with E-state index in [4.69, 9.17) is 0 Å². The number of nitrogens with zero attached hydrogens (tertiary/aromatic N) is 3. The summed E-state index contributed by atoms with van der Waals surface area (Å²) in [6, 6.07) is 6.62. The van der Waals surface area contributed by atoms with Crippen molar-refractivity contribution in [2.45, 2.75) is 6.04 Å². The number of nitrogens with one attached hydrogen (secondary N) is 2. The van der Waals surface area contributed by atoms with Gasteiger partial charge < -0.3 is 10.4 Å². The van der Waals surface area contributed by atoms with Gasteiger partial charge in [-0.1, -0.05) is 30.3 Å². The Labute approximate surface area is 114 Å². The van der Waals surface area contributed by atoms with Crippen LogP contribution in [-0.2, 0) is 11.8 Å². The van der Waals surface area contributed by atoms with Gasteiger partial charge in [0.25, 0.3) is 0 Å². The zero-order valence-corrected chi connectivity index (χ0v) is 10.6. The maximum absolute atomic E-state index is 11.8. The Morgan fingerprint density at radius 3 is 2.55 bits per heavy atom. The van der Waals surface area contributed by atoms with Gasteiger partial charge >= 0.3 is 12.0 Å². The van der Waals surface area contributed by atoms with Gasteiger partial charge in [-0.05, 0) is 5.56 Å². The highest BCUT2D eigenvalue weighted by Crippen LogP contribution is 2.12. The van der Waals surface area contributed by atoms with E-state index in [0.717, 1.165) is 0 Å². The van der Waals surface area contributed by atoms with Crippen LogP contribution in [-0.4, -0.2) is 31.9 Å². The van der Waals surface area contributed by atoms with Gasteiger partial charge in [-0.25, -0.2) is 14.3 Å². The molecule has 0 fully saturated rings. The van der Waals surface area contributed by atoms with Crippen molar-refractivity contribution >= 4 is 17.9 Å². The highest BCUT2D eigenvalue weighted by Gasteiger charge is 2.22. The Kier molecular flexibility index (Phi) is 3.94. The molecular weight excluding hydrogens is 262 g/mol. The van der Waals surface area contributed by atoms with E-state index in [-0.39, 0.29) is 5.95 Å². The van der Waals surface area contributed by atoms with Crippen LogP contribution < -0.4 is 10.6 Å². The summed E-state index contributed by atoms with van der Waals surface area (Å²) in [5, 5.41) is 17.8. The number of amides is 2. The molecular formula is C12H13N5O3. The maximum Gasteiger partial charge on any atom is 0.330 e. The van der Waals surface area contributed by atoms with Crippen LogP contribution in [0.4, 0.5) is 10.7 Å². The van der Waals surface area contributed by atoms with E-state index < -0.39 is 18.0 Å². The Balaban J connectivity index is 2.08. The number of urea groups is 1. The molecule has 0 saturated carbocycles. The summed E-state index contributed by atoms with van der Waals surface area (Å²) >= 11 is 0. The van der Waals surface area contributed by atoms with Crippen LogP contribution in [0.25, 0.3) is 0 Å². The van der Waals surface area contributed by atoms with Crippen molar-refractivity contribution in [3.8, 4) is 0 Å². The van der Waals surface area contributed by atoms with Gasteiger partial charge in [0, 0.05) is 7.05 Å². The maximum atomic E-state index is 11.8. The van der Waals surface area contributed by atoms with Crippen molar-refractivity contribution in [2.75, 3.05) is 5.32 Å². The van der Waals surface area contributed by atoms with Gasteiger partial charge in [0.1, 0.15) is 6.33 Å². The standard InChI is InChI=1S/C12H13N5O3/c1-17-11(13-7-14-17)16-12(20)15-9(10(18)19)8-5-3-2-4-6-8/h2-7,9H,1H3,(H,18,19)(H2,13,14,15,16,20). The number of anilines is 1. The summed E-state index contributed by atoms with van der Waals surface area (Å²) in [5.74, 6) is -0.927. The minimum absolute atomic E-state index is 0.222. The molecule has 2 aromatic rings. The fourth-order valence-electron chi connectivity index (χ4n) is 1.61. The molecule has 104 valence electrons. The molecule has 2 amide bonds. The van der Waals surface area contributed by atoms with Gasteiger partial charge in [0.05, 0.1) is 0 Å². The third-order valence-corrected chi connectivity index (χ3v) is 2.59. The van der Waals surface area contributed by atoms with Crippen molar-refractivity contribution in [1.82, 2.24) is 20.1 Å². The molecule has 1 aromatic heterocycles. The Bertz CT molecular complexity index is 611. The molecule has 3 N–H and O–H groups in total. The van der Waals surface area contributed by atoms with Crippen LogP contribution in [0.15, 0.2) is 36.7 Å². The van der Waals surface area contributed by atoms with Crippen LogP contribution >= 0.6 is 0 Å². The third kappa shape index (κ3) is 3.10. The van der Waals surface area contributed by atoms with Crippen LogP contribution in [0.5, 0.6) is 0 Å². The first-order chi connectivity index (χ1) is 9.58. The molecule has 2 rings (SSSR count). The molecule has 0 saturated heterocycles. The fourth-order valence-corrected chi connectivity index (χ4v) is 1.61. The molecule has 0 aliphatic carbocycles. The van der Waals surface area contributed by atoms with Crippen LogP contribution in [0.2, 0.25) is 0 Å². The average Bonchev–Trinajstić information content (AvgIpc) is 2.82. The number of aryl methyl sites for hydroxylation is 1. The lowest BCUT2D eigenvalue weighted by Gasteiger charge is -2.15. The van der Waals surface area contributed by atoms with Crippen molar-refractivity contribution in [3.05, 3.63) is 42.2 Å². The first-order valence-corrected chi connectivity index (χ1v) is 5.77. The topological polar surface area (TPSA) is 109 Å². The quantitative estimate of drug-likeness (QED) is 0.763. The second-order valence-electron chi connectivity index (χ2n) is 3.99. The van der Waals surface area contributed by atoms with Crippen LogP contribution in [0, 0.1) is 0 Å². The SMILES string of the molecule is Cn1ncnc1NC(=O)NC(C(=O)O)c1ccccc1. The summed E-state index contributed by atoms with van der Waals surface area (Å²) in [4.78, 5) is 26.8. The number of rotatable bonds is 4. The Morgan fingerprint density at radius 1 is 1.30 bits per heavy atom. The summed E-state index contributed by atoms with van der Waals surface area (Å²) < 4.78 is 1.36. The normalized spacial score (nSPS) is 11.7. The summed E-state index contributed by atoms with van der Waals surface area (Å²) in [6.45, 7) is 0. The number of benzene rings is 1. The second-order valence-corrected chi connectivity index (χ2v) is 3.99. The number of carbonyl (C=O) groups excluding carboxylic acids is 1. The number of carboxylic acid groups (broad SMARTS) is 1. The van der Waals surface area contributed by atoms with Gasteiger partial charge in [0.2, 0.25) is 5.95 Å². The molecule has 20 heavy (non-hydrogen) atoms. The molecule has 1 aromatic carbocycles. The Morgan fingerprint density at radius 2 is 2.00 bits per heavy atom. The fraction of sp³-hybridized carbons (Fsp3) is 0.167. The van der Waals surface area contributed by atoms with Gasteiger partial charge in [-0.3, -0.25) is 5.32 Å². The predicted octanol–water partition coefficient (Wildman–Crippen LogP) is 0.762. The number of carbonyl (C=O) groups is 2. The van der Waals surface area contributed by atoms with Gasteiger partial charge in [-0.2, -0.15) is 10.1 Å². The molecule has 8 nitrogen and oxygen atoms in total. The van der Waals surface area contributed by atoms with E-state index in [1.54, 1.807) is 37.4 Å². The molecule has 1 unspecified atom stereocenters. The predicted molar refractivity (Wildman–Crippen MR) is 70.0 cm³/mol. The summed E-state index contributed by atoms with van der Waals surface area (Å²) in [5.41, 5.74) is 0.480. The first-order valence-electron chi connectivity index (χ1n) is 5.77. The Hall–Kier alpha value is -2.90. The monoisotopic (exact) mass is 275 g/mol. The van der Waals surface area contributed by atoms with Crippen LogP contribution in [0.1, 0.15) is 11.6 Å². The second kappa shape index (κ2) is 5.83. The number of aromatic nitrogens is 3. The van der Waals surface area contributed by atoms with E-state index in [1.807, 2.05) is 0 Å². The molecule has 0 spiro atoms. The number of hydrogen-bond acceptors (Lipinski definition) is 4. The van der Waals surface area contributed by atoms with E-state index in [2.05, 4.69) is 20.7 Å². The average molecular weight is 275 g/mol. The number of hydrogen-bond donors (Lipinski definition) is 3. The highest BCUT2D eigenvalue weighted by molar-refractivity contribution is 5.91. The lowest BCUT2D eigenvalue weighted by molar-refractivity contribution is -0.139. The van der Waals surface area contributed by atoms with Crippen molar-refractivity contribution in [2.24, 2.45) is 7.05 Å². The van der Waals surface area contributed by atoms with E-state index in [0.29, 0.717) is 5.56 Å². The van der Waals surface area contributed by atoms with Gasteiger partial charge in [-0.15, -0.1) is 0 Å². The van der Waals surface area contributed by atoms with E-state index >= 15 is 0 Å². The van der Waals surface area contributed by atoms with Crippen molar-refractivity contribution in [3.63, 3.8) is 0 Å². The lowest BCUT2D eigenvalue weighted by atomic mass is 10.1. The minimum Gasteiger partial charge on any atom is -0.479 e. The molecule has 1 atom stereocenters. The summed E-state index contributed by atoms with van der Waals surface area (Å²) in [7, 11) is 1.61. The van der Waals surface area contributed by atoms with E-state index in [9.17, 15) is 14.7 Å². The molecule has 0 bridgehead atoms. The van der Waals surface area contributed by atoms with E-state index in [1.165, 1.54) is 11.0 Å². The number of aliphatic carboxylic acids is 1. The smallest absolute Gasteiger partial charge is 0.330 e. The van der Waals surface area contributed by atoms with Crippen molar-refractivity contribution < 1.29 is 14.7 Å². The third-order valence-electron chi connectivity index (χ3n) is 2.59. The molecule has 0 aliphatic heterocycles. The zero-order valence-electron chi connectivity index (χ0n) is 10.6. The largest absolute Gasteiger partial charge is 0.479 e. The summed E-state index contributed by atoms with van der Waals surface area (Å²) in [6.07, 6.45) is 1.28. The highest BCUT2D eigenvalue weighted by atomic mass is 16.4. The molecule has 0 aliphatic rings. The lowest BCUT2D eigenvalue weighted by Crippen LogP contribution is -2.37. The van der Waals surface area contributed by atoms with Crippen molar-refractivity contribution in [1.29, 1.82) is 0 Å². The molecule has 8 heteroatoms. The first kappa shape index (κ1) is 13.5. The van der Waals surface area contributed by atoms with Crippen LogP contribution in [0.3, 0.4) is 0 Å². The number of carboxylic acids is 1. The molecule has 0 radical (unpaired) electrons. The van der Waals surface area contributed by atoms with Gasteiger partial charge in [0.15, 0.2) is 6.04 Å². The minimum atomic E-state index is -1.15. The zero-order chi connectivity index (χ0) is 14.5.